The van der Waals surface area contributed by atoms with Crippen LogP contribution in [0.2, 0.25) is 0 Å². The van der Waals surface area contributed by atoms with Gasteiger partial charge < -0.3 is 10.4 Å². The fourth-order valence-corrected chi connectivity index (χ4v) is 2.75. The molecule has 106 valence electrons. The van der Waals surface area contributed by atoms with E-state index in [2.05, 4.69) is 26.1 Å². The van der Waals surface area contributed by atoms with Gasteiger partial charge in [-0.15, -0.1) is 11.8 Å². The fourth-order valence-electron chi connectivity index (χ4n) is 2.14. The molecule has 0 aromatic heterocycles. The topological polar surface area (TPSA) is 49.3 Å². The van der Waals surface area contributed by atoms with Crippen LogP contribution in [0.4, 0.5) is 5.69 Å². The molecule has 1 aromatic rings. The highest BCUT2D eigenvalue weighted by Gasteiger charge is 2.16. The summed E-state index contributed by atoms with van der Waals surface area (Å²) in [5, 5.41) is 12.7. The summed E-state index contributed by atoms with van der Waals surface area (Å²) in [4.78, 5) is 12.2. The van der Waals surface area contributed by atoms with Crippen LogP contribution in [-0.2, 0) is 0 Å². The van der Waals surface area contributed by atoms with Crippen LogP contribution in [-0.4, -0.2) is 23.4 Å². The Kier molecular flexibility index (Phi) is 6.22. The quantitative estimate of drug-likeness (QED) is 0.730. The van der Waals surface area contributed by atoms with Crippen molar-refractivity contribution in [1.82, 2.24) is 0 Å². The van der Waals surface area contributed by atoms with Crippen molar-refractivity contribution in [2.24, 2.45) is 5.92 Å². The van der Waals surface area contributed by atoms with Gasteiger partial charge in [0.25, 0.3) is 0 Å². The standard InChI is InChI=1S/C15H23NO2S/c1-5-10(2)9-11(3)16-12-7-6-8-13(19-4)14(12)15(17)18/h6-8,10-11,16H,5,9H2,1-4H3,(H,17,18). The van der Waals surface area contributed by atoms with Crippen molar-refractivity contribution in [2.45, 2.75) is 44.6 Å². The number of nitrogens with one attached hydrogen (secondary N) is 1. The number of anilines is 1. The second-order valence-electron chi connectivity index (χ2n) is 4.98. The summed E-state index contributed by atoms with van der Waals surface area (Å²) >= 11 is 1.46. The minimum Gasteiger partial charge on any atom is -0.478 e. The molecule has 0 aliphatic carbocycles. The van der Waals surface area contributed by atoms with Crippen LogP contribution in [0.15, 0.2) is 23.1 Å². The largest absolute Gasteiger partial charge is 0.478 e. The molecule has 0 fully saturated rings. The van der Waals surface area contributed by atoms with Gasteiger partial charge in [-0.3, -0.25) is 0 Å². The van der Waals surface area contributed by atoms with Gasteiger partial charge in [-0.05, 0) is 37.7 Å². The number of carboxylic acids is 1. The predicted molar refractivity (Wildman–Crippen MR) is 82.3 cm³/mol. The molecule has 0 heterocycles. The molecule has 0 saturated carbocycles. The first kappa shape index (κ1) is 15.9. The number of hydrogen-bond acceptors (Lipinski definition) is 3. The maximum Gasteiger partial charge on any atom is 0.338 e. The molecule has 19 heavy (non-hydrogen) atoms. The molecule has 0 aliphatic heterocycles. The number of hydrogen-bond donors (Lipinski definition) is 2. The zero-order valence-electron chi connectivity index (χ0n) is 12.1. The molecule has 4 heteroatoms. The normalized spacial score (nSPS) is 13.9. The van der Waals surface area contributed by atoms with E-state index in [1.165, 1.54) is 11.8 Å². The summed E-state index contributed by atoms with van der Waals surface area (Å²) in [7, 11) is 0. The van der Waals surface area contributed by atoms with E-state index in [1.807, 2.05) is 24.5 Å². The molecule has 0 amide bonds. The summed E-state index contributed by atoms with van der Waals surface area (Å²) in [6.45, 7) is 6.49. The van der Waals surface area contributed by atoms with Crippen molar-refractivity contribution < 1.29 is 9.90 Å². The predicted octanol–water partition coefficient (Wildman–Crippen LogP) is 4.34. The van der Waals surface area contributed by atoms with E-state index < -0.39 is 5.97 Å². The Morgan fingerprint density at radius 3 is 2.63 bits per heavy atom. The highest BCUT2D eigenvalue weighted by Crippen LogP contribution is 2.28. The maximum absolute atomic E-state index is 11.4. The summed E-state index contributed by atoms with van der Waals surface area (Å²) in [6.07, 6.45) is 4.08. The first-order valence-corrected chi connectivity index (χ1v) is 7.88. The first-order chi connectivity index (χ1) is 8.99. The van der Waals surface area contributed by atoms with E-state index in [0.717, 1.165) is 23.4 Å². The van der Waals surface area contributed by atoms with Gasteiger partial charge >= 0.3 is 5.97 Å². The van der Waals surface area contributed by atoms with Crippen LogP contribution in [0.25, 0.3) is 0 Å². The monoisotopic (exact) mass is 281 g/mol. The number of aromatic carboxylic acids is 1. The fraction of sp³-hybridized carbons (Fsp3) is 0.533. The third kappa shape index (κ3) is 4.46. The molecule has 1 aromatic carbocycles. The Morgan fingerprint density at radius 1 is 1.42 bits per heavy atom. The molecule has 2 unspecified atom stereocenters. The van der Waals surface area contributed by atoms with Crippen molar-refractivity contribution in [2.75, 3.05) is 11.6 Å². The van der Waals surface area contributed by atoms with E-state index >= 15 is 0 Å². The molecular formula is C15H23NO2S. The van der Waals surface area contributed by atoms with Gasteiger partial charge in [-0.25, -0.2) is 4.79 Å². The summed E-state index contributed by atoms with van der Waals surface area (Å²) < 4.78 is 0. The van der Waals surface area contributed by atoms with Crippen LogP contribution >= 0.6 is 11.8 Å². The summed E-state index contributed by atoms with van der Waals surface area (Å²) in [5.74, 6) is -0.234. The number of carbonyl (C=O) groups is 1. The molecule has 0 aliphatic rings. The van der Waals surface area contributed by atoms with E-state index in [0.29, 0.717) is 11.5 Å². The van der Waals surface area contributed by atoms with Crippen LogP contribution in [0, 0.1) is 5.92 Å². The third-order valence-corrected chi connectivity index (χ3v) is 4.09. The van der Waals surface area contributed by atoms with Crippen LogP contribution in [0.3, 0.4) is 0 Å². The maximum atomic E-state index is 11.4. The molecule has 0 bridgehead atoms. The van der Waals surface area contributed by atoms with E-state index in [1.54, 1.807) is 0 Å². The van der Waals surface area contributed by atoms with Gasteiger partial charge in [0.15, 0.2) is 0 Å². The SMILES string of the molecule is CCC(C)CC(C)Nc1cccc(SC)c1C(=O)O. The highest BCUT2D eigenvalue weighted by molar-refractivity contribution is 7.98. The van der Waals surface area contributed by atoms with Gasteiger partial charge in [0, 0.05) is 10.9 Å². The van der Waals surface area contributed by atoms with E-state index in [4.69, 9.17) is 0 Å². The third-order valence-electron chi connectivity index (χ3n) is 3.31. The Labute approximate surface area is 119 Å². The lowest BCUT2D eigenvalue weighted by Crippen LogP contribution is -2.20. The van der Waals surface area contributed by atoms with E-state index in [-0.39, 0.29) is 6.04 Å². The molecule has 0 spiro atoms. The molecular weight excluding hydrogens is 258 g/mol. The first-order valence-electron chi connectivity index (χ1n) is 6.66. The van der Waals surface area contributed by atoms with Crippen molar-refractivity contribution in [3.8, 4) is 0 Å². The molecule has 1 rings (SSSR count). The lowest BCUT2D eigenvalue weighted by molar-refractivity contribution is 0.0694. The Morgan fingerprint density at radius 2 is 2.11 bits per heavy atom. The Bertz CT molecular complexity index is 434. The van der Waals surface area contributed by atoms with Crippen LogP contribution in [0.5, 0.6) is 0 Å². The second-order valence-corrected chi connectivity index (χ2v) is 5.83. The number of rotatable bonds is 7. The minimum absolute atomic E-state index is 0.269. The van der Waals surface area contributed by atoms with Crippen molar-refractivity contribution in [3.63, 3.8) is 0 Å². The average molecular weight is 281 g/mol. The highest BCUT2D eigenvalue weighted by atomic mass is 32.2. The number of carboxylic acid groups (broad SMARTS) is 1. The Balaban J connectivity index is 2.91. The van der Waals surface area contributed by atoms with Gasteiger partial charge in [-0.1, -0.05) is 26.3 Å². The molecule has 2 N–H and O–H groups in total. The average Bonchev–Trinajstić information content (AvgIpc) is 2.37. The Hall–Kier alpha value is -1.16. The van der Waals surface area contributed by atoms with Gasteiger partial charge in [0.05, 0.1) is 11.3 Å². The minimum atomic E-state index is -0.872. The van der Waals surface area contributed by atoms with Crippen LogP contribution < -0.4 is 5.32 Å². The number of benzene rings is 1. The van der Waals surface area contributed by atoms with Crippen LogP contribution in [0.1, 0.15) is 44.0 Å². The molecule has 0 saturated heterocycles. The molecule has 3 nitrogen and oxygen atoms in total. The number of thioether (sulfide) groups is 1. The zero-order valence-corrected chi connectivity index (χ0v) is 12.9. The van der Waals surface area contributed by atoms with Gasteiger partial charge in [-0.2, -0.15) is 0 Å². The van der Waals surface area contributed by atoms with Crippen molar-refractivity contribution in [1.29, 1.82) is 0 Å². The van der Waals surface area contributed by atoms with E-state index in [9.17, 15) is 9.90 Å². The molecule has 0 radical (unpaired) electrons. The lowest BCUT2D eigenvalue weighted by atomic mass is 10.00. The summed E-state index contributed by atoms with van der Waals surface area (Å²) in [5.41, 5.74) is 1.10. The van der Waals surface area contributed by atoms with Gasteiger partial charge in [0.1, 0.15) is 0 Å². The molecule has 2 atom stereocenters. The van der Waals surface area contributed by atoms with Gasteiger partial charge in [0.2, 0.25) is 0 Å². The zero-order chi connectivity index (χ0) is 14.4. The van der Waals surface area contributed by atoms with Crippen molar-refractivity contribution in [3.05, 3.63) is 23.8 Å². The van der Waals surface area contributed by atoms with Crippen molar-refractivity contribution >= 4 is 23.4 Å². The lowest BCUT2D eigenvalue weighted by Gasteiger charge is -2.20. The summed E-state index contributed by atoms with van der Waals surface area (Å²) in [6, 6.07) is 5.86. The second kappa shape index (κ2) is 7.43. The smallest absolute Gasteiger partial charge is 0.338 e.